The molecule has 1 atom stereocenters. The molecule has 1 aromatic heterocycles. The van der Waals surface area contributed by atoms with Crippen molar-refractivity contribution in [1.82, 2.24) is 9.71 Å². The molecule has 1 unspecified atom stereocenters. The van der Waals surface area contributed by atoms with Crippen LogP contribution in [0.25, 0.3) is 0 Å². The number of aromatic nitrogens is 1. The molecule has 0 bridgehead atoms. The fraction of sp³-hybridized carbons (Fsp3) is 0.667. The Morgan fingerprint density at radius 1 is 1.62 bits per heavy atom. The van der Waals surface area contributed by atoms with Crippen molar-refractivity contribution in [1.29, 1.82) is 0 Å². The van der Waals surface area contributed by atoms with Gasteiger partial charge in [0.2, 0.25) is 0 Å². The van der Waals surface area contributed by atoms with Crippen molar-refractivity contribution < 1.29 is 13.5 Å². The third kappa shape index (κ3) is 3.51. The minimum Gasteiger partial charge on any atom is -0.389 e. The lowest BCUT2D eigenvalue weighted by molar-refractivity contribution is 0.0613. The van der Waals surface area contributed by atoms with Crippen molar-refractivity contribution in [2.75, 3.05) is 6.54 Å². The SMILES string of the molecule is CCC(C)(O)CNS(=O)(=O)c1cnc(C)s1. The molecule has 0 aromatic carbocycles. The lowest BCUT2D eigenvalue weighted by Gasteiger charge is -2.21. The molecule has 5 nitrogen and oxygen atoms in total. The first-order chi connectivity index (χ1) is 7.27. The highest BCUT2D eigenvalue weighted by Crippen LogP contribution is 2.18. The van der Waals surface area contributed by atoms with Crippen LogP contribution in [0.1, 0.15) is 25.3 Å². The van der Waals surface area contributed by atoms with E-state index in [1.54, 1.807) is 20.8 Å². The Bertz CT molecular complexity index is 451. The fourth-order valence-electron chi connectivity index (χ4n) is 0.913. The second-order valence-corrected chi connectivity index (χ2v) is 7.10. The van der Waals surface area contributed by atoms with Gasteiger partial charge in [0.1, 0.15) is 0 Å². The first kappa shape index (κ1) is 13.6. The van der Waals surface area contributed by atoms with E-state index in [4.69, 9.17) is 0 Å². The summed E-state index contributed by atoms with van der Waals surface area (Å²) in [6.07, 6.45) is 1.81. The van der Waals surface area contributed by atoms with E-state index in [9.17, 15) is 13.5 Å². The maximum absolute atomic E-state index is 11.8. The first-order valence-corrected chi connectivity index (χ1v) is 7.21. The Morgan fingerprint density at radius 2 is 2.25 bits per heavy atom. The van der Waals surface area contributed by atoms with Crippen LogP contribution in [0.4, 0.5) is 0 Å². The summed E-state index contributed by atoms with van der Waals surface area (Å²) in [7, 11) is -3.54. The molecule has 0 radical (unpaired) electrons. The topological polar surface area (TPSA) is 79.3 Å². The zero-order valence-electron chi connectivity index (χ0n) is 9.52. The summed E-state index contributed by atoms with van der Waals surface area (Å²) in [6, 6.07) is 0. The van der Waals surface area contributed by atoms with Crippen LogP contribution in [0.5, 0.6) is 0 Å². The van der Waals surface area contributed by atoms with Crippen LogP contribution in [-0.4, -0.2) is 30.7 Å². The molecule has 0 aliphatic carbocycles. The van der Waals surface area contributed by atoms with Crippen LogP contribution >= 0.6 is 11.3 Å². The molecule has 1 rings (SSSR count). The molecule has 7 heteroatoms. The van der Waals surface area contributed by atoms with Crippen LogP contribution in [0.15, 0.2) is 10.4 Å². The number of rotatable bonds is 5. The van der Waals surface area contributed by atoms with E-state index in [0.29, 0.717) is 11.4 Å². The smallest absolute Gasteiger partial charge is 0.251 e. The molecule has 0 fully saturated rings. The molecule has 1 heterocycles. The summed E-state index contributed by atoms with van der Waals surface area (Å²) in [5.41, 5.74) is -1.02. The summed E-state index contributed by atoms with van der Waals surface area (Å²) >= 11 is 1.11. The highest BCUT2D eigenvalue weighted by molar-refractivity contribution is 7.91. The second kappa shape index (κ2) is 4.79. The maximum atomic E-state index is 11.8. The molecule has 16 heavy (non-hydrogen) atoms. The summed E-state index contributed by atoms with van der Waals surface area (Å²) in [6.45, 7) is 5.13. The van der Waals surface area contributed by atoms with E-state index in [-0.39, 0.29) is 10.8 Å². The van der Waals surface area contributed by atoms with Gasteiger partial charge in [0.15, 0.2) is 4.21 Å². The van der Waals surface area contributed by atoms with Gasteiger partial charge in [0, 0.05) is 6.54 Å². The number of aryl methyl sites for hydroxylation is 1. The molecule has 0 aliphatic heterocycles. The number of hydrogen-bond acceptors (Lipinski definition) is 5. The fourth-order valence-corrected chi connectivity index (χ4v) is 3.23. The standard InChI is InChI=1S/C9H16N2O3S2/c1-4-9(3,12)6-11-16(13,14)8-5-10-7(2)15-8/h5,11-12H,4,6H2,1-3H3. The predicted octanol–water partition coefficient (Wildman–Crippen LogP) is 0.891. The van der Waals surface area contributed by atoms with Crippen molar-refractivity contribution in [2.24, 2.45) is 0 Å². The Balaban J connectivity index is 2.74. The Hall–Kier alpha value is -0.500. The van der Waals surface area contributed by atoms with Gasteiger partial charge in [-0.2, -0.15) is 0 Å². The molecular formula is C9H16N2O3S2. The van der Waals surface area contributed by atoms with E-state index in [0.717, 1.165) is 11.3 Å². The number of hydrogen-bond donors (Lipinski definition) is 2. The normalized spacial score (nSPS) is 16.0. The second-order valence-electron chi connectivity index (χ2n) is 3.87. The lowest BCUT2D eigenvalue weighted by Crippen LogP contribution is -2.39. The number of sulfonamides is 1. The van der Waals surface area contributed by atoms with Crippen molar-refractivity contribution in [2.45, 2.75) is 37.0 Å². The molecule has 0 amide bonds. The van der Waals surface area contributed by atoms with Gasteiger partial charge >= 0.3 is 0 Å². The van der Waals surface area contributed by atoms with E-state index < -0.39 is 15.6 Å². The molecule has 0 spiro atoms. The Labute approximate surface area is 99.6 Å². The quantitative estimate of drug-likeness (QED) is 0.828. The van der Waals surface area contributed by atoms with Crippen LogP contribution in [0.3, 0.4) is 0 Å². The van der Waals surface area contributed by atoms with E-state index >= 15 is 0 Å². The maximum Gasteiger partial charge on any atom is 0.251 e. The summed E-state index contributed by atoms with van der Waals surface area (Å²) in [5.74, 6) is 0. The van der Waals surface area contributed by atoms with Crippen molar-refractivity contribution in [3.63, 3.8) is 0 Å². The third-order valence-corrected chi connectivity index (χ3v) is 5.04. The van der Waals surface area contributed by atoms with Crippen LogP contribution < -0.4 is 4.72 Å². The van der Waals surface area contributed by atoms with Crippen LogP contribution in [0, 0.1) is 6.92 Å². The highest BCUT2D eigenvalue weighted by Gasteiger charge is 2.23. The minimum absolute atomic E-state index is 0.00276. The molecule has 0 saturated carbocycles. The molecule has 92 valence electrons. The largest absolute Gasteiger partial charge is 0.389 e. The predicted molar refractivity (Wildman–Crippen MR) is 63.0 cm³/mol. The minimum atomic E-state index is -3.54. The Morgan fingerprint density at radius 3 is 2.69 bits per heavy atom. The van der Waals surface area contributed by atoms with Gasteiger partial charge in [-0.15, -0.1) is 11.3 Å². The van der Waals surface area contributed by atoms with Gasteiger partial charge in [-0.25, -0.2) is 18.1 Å². The van der Waals surface area contributed by atoms with Crippen molar-refractivity contribution in [3.8, 4) is 0 Å². The summed E-state index contributed by atoms with van der Waals surface area (Å²) in [5, 5.41) is 10.4. The zero-order chi connectivity index (χ0) is 12.4. The monoisotopic (exact) mass is 264 g/mol. The number of thiazole rings is 1. The van der Waals surface area contributed by atoms with Gasteiger partial charge in [-0.3, -0.25) is 0 Å². The summed E-state index contributed by atoms with van der Waals surface area (Å²) < 4.78 is 26.1. The number of nitrogens with one attached hydrogen (secondary N) is 1. The van der Waals surface area contributed by atoms with Crippen molar-refractivity contribution >= 4 is 21.4 Å². The van der Waals surface area contributed by atoms with Crippen molar-refractivity contribution in [3.05, 3.63) is 11.2 Å². The molecular weight excluding hydrogens is 248 g/mol. The third-order valence-electron chi connectivity index (χ3n) is 2.27. The molecule has 0 saturated heterocycles. The van der Waals surface area contributed by atoms with E-state index in [2.05, 4.69) is 9.71 Å². The number of nitrogens with zero attached hydrogens (tertiary/aromatic N) is 1. The van der Waals surface area contributed by atoms with Gasteiger partial charge < -0.3 is 5.11 Å². The van der Waals surface area contributed by atoms with Gasteiger partial charge in [0.05, 0.1) is 16.8 Å². The average molecular weight is 264 g/mol. The molecule has 0 aliphatic rings. The van der Waals surface area contributed by atoms with Gasteiger partial charge in [0.25, 0.3) is 10.0 Å². The molecule has 2 N–H and O–H groups in total. The zero-order valence-corrected chi connectivity index (χ0v) is 11.2. The van der Waals surface area contributed by atoms with Crippen LogP contribution in [0.2, 0.25) is 0 Å². The Kier molecular flexibility index (Phi) is 4.06. The highest BCUT2D eigenvalue weighted by atomic mass is 32.2. The first-order valence-electron chi connectivity index (χ1n) is 4.91. The summed E-state index contributed by atoms with van der Waals surface area (Å²) in [4.78, 5) is 3.88. The van der Waals surface area contributed by atoms with Gasteiger partial charge in [-0.1, -0.05) is 6.92 Å². The van der Waals surface area contributed by atoms with Gasteiger partial charge in [-0.05, 0) is 20.3 Å². The van der Waals surface area contributed by atoms with E-state index in [1.165, 1.54) is 6.20 Å². The lowest BCUT2D eigenvalue weighted by atomic mass is 10.1. The number of aliphatic hydroxyl groups is 1. The van der Waals surface area contributed by atoms with Crippen LogP contribution in [-0.2, 0) is 10.0 Å². The van der Waals surface area contributed by atoms with E-state index in [1.807, 2.05) is 0 Å². The molecule has 1 aromatic rings. The average Bonchev–Trinajstić information content (AvgIpc) is 2.63.